The number of carbonyl (C=O) groups excluding carboxylic acids is 2. The lowest BCUT2D eigenvalue weighted by Crippen LogP contribution is -2.32. The van der Waals surface area contributed by atoms with E-state index in [1.165, 1.54) is 6.21 Å². The number of halogens is 4. The molecule has 0 aliphatic heterocycles. The van der Waals surface area contributed by atoms with Gasteiger partial charge in [0, 0.05) is 5.56 Å². The summed E-state index contributed by atoms with van der Waals surface area (Å²) in [5.74, 6) is -2.36. The number of rotatable bonds is 3. The first kappa shape index (κ1) is 20.3. The number of nitrogens with zero attached hydrogens (tertiary/aromatic N) is 1. The first-order valence-electron chi connectivity index (χ1n) is 8.24. The van der Waals surface area contributed by atoms with Gasteiger partial charge in [-0.15, -0.1) is 0 Å². The van der Waals surface area contributed by atoms with Gasteiger partial charge in [-0.1, -0.05) is 54.1 Å². The van der Waals surface area contributed by atoms with Crippen LogP contribution in [0.5, 0.6) is 0 Å². The van der Waals surface area contributed by atoms with Crippen LogP contribution in [-0.2, 0) is 15.8 Å². The number of amides is 2. The molecule has 29 heavy (non-hydrogen) atoms. The second kappa shape index (κ2) is 8.32. The van der Waals surface area contributed by atoms with Crippen LogP contribution in [0.4, 0.5) is 18.9 Å². The van der Waals surface area contributed by atoms with Gasteiger partial charge in [0.05, 0.1) is 22.5 Å². The zero-order chi connectivity index (χ0) is 21.0. The van der Waals surface area contributed by atoms with E-state index >= 15 is 0 Å². The Labute approximate surface area is 168 Å². The third kappa shape index (κ3) is 4.91. The Kier molecular flexibility index (Phi) is 5.84. The molecule has 0 aliphatic rings. The Morgan fingerprint density at radius 3 is 2.45 bits per heavy atom. The Morgan fingerprint density at radius 1 is 0.966 bits per heavy atom. The molecule has 0 spiro atoms. The first-order valence-corrected chi connectivity index (χ1v) is 8.62. The monoisotopic (exact) mass is 419 g/mol. The zero-order valence-corrected chi connectivity index (χ0v) is 15.4. The van der Waals surface area contributed by atoms with Crippen LogP contribution in [0.1, 0.15) is 11.1 Å². The molecule has 0 atom stereocenters. The van der Waals surface area contributed by atoms with E-state index in [1.54, 1.807) is 6.07 Å². The Hall–Kier alpha value is -3.39. The highest BCUT2D eigenvalue weighted by Gasteiger charge is 2.31. The Morgan fingerprint density at radius 2 is 1.69 bits per heavy atom. The summed E-state index contributed by atoms with van der Waals surface area (Å²) in [6.07, 6.45) is -3.25. The fourth-order valence-corrected chi connectivity index (χ4v) is 2.72. The number of hydrogen-bond acceptors (Lipinski definition) is 3. The van der Waals surface area contributed by atoms with E-state index in [-0.39, 0.29) is 10.7 Å². The Balaban J connectivity index is 1.68. The molecular weight excluding hydrogens is 407 g/mol. The van der Waals surface area contributed by atoms with Gasteiger partial charge in [-0.25, -0.2) is 5.43 Å². The summed E-state index contributed by atoms with van der Waals surface area (Å²) >= 11 is 5.79. The third-order valence-corrected chi connectivity index (χ3v) is 4.27. The number of alkyl halides is 3. The van der Waals surface area contributed by atoms with Gasteiger partial charge in [-0.2, -0.15) is 18.3 Å². The molecule has 3 aromatic carbocycles. The minimum atomic E-state index is -4.62. The highest BCUT2D eigenvalue weighted by atomic mass is 35.5. The number of anilines is 1. The van der Waals surface area contributed by atoms with Crippen molar-refractivity contribution in [1.82, 2.24) is 5.43 Å². The minimum Gasteiger partial charge on any atom is -0.316 e. The topological polar surface area (TPSA) is 70.6 Å². The van der Waals surface area contributed by atoms with Gasteiger partial charge < -0.3 is 5.32 Å². The number of hydrazone groups is 1. The average molecular weight is 420 g/mol. The van der Waals surface area contributed by atoms with Crippen LogP contribution in [0.15, 0.2) is 65.8 Å². The molecule has 0 radical (unpaired) electrons. The smallest absolute Gasteiger partial charge is 0.316 e. The number of hydrogen-bond donors (Lipinski definition) is 2. The number of carbonyl (C=O) groups is 2. The van der Waals surface area contributed by atoms with E-state index in [0.29, 0.717) is 11.6 Å². The van der Waals surface area contributed by atoms with Gasteiger partial charge in [0.1, 0.15) is 0 Å². The summed E-state index contributed by atoms with van der Waals surface area (Å²) < 4.78 is 38.3. The summed E-state index contributed by atoms with van der Waals surface area (Å²) in [7, 11) is 0. The van der Waals surface area contributed by atoms with Gasteiger partial charge in [-0.05, 0) is 29.0 Å². The van der Waals surface area contributed by atoms with Crippen molar-refractivity contribution >= 4 is 46.1 Å². The van der Waals surface area contributed by atoms with Crippen molar-refractivity contribution in [3.05, 3.63) is 76.8 Å². The molecule has 9 heteroatoms. The van der Waals surface area contributed by atoms with Gasteiger partial charge in [0.15, 0.2) is 0 Å². The van der Waals surface area contributed by atoms with E-state index in [4.69, 9.17) is 11.6 Å². The molecule has 0 aliphatic carbocycles. The third-order valence-electron chi connectivity index (χ3n) is 3.94. The summed E-state index contributed by atoms with van der Waals surface area (Å²) in [6, 6.07) is 15.4. The van der Waals surface area contributed by atoms with Crippen molar-refractivity contribution in [2.75, 3.05) is 5.32 Å². The SMILES string of the molecule is O=C(N/N=C/c1cccc2ccccc12)C(=O)Nc1cc(C(F)(F)F)ccc1Cl. The Bertz CT molecular complexity index is 1110. The maximum Gasteiger partial charge on any atom is 0.416 e. The number of benzene rings is 3. The number of nitrogens with one attached hydrogen (secondary N) is 2. The molecule has 3 rings (SSSR count). The molecular formula is C20H13ClF3N3O2. The molecule has 0 unspecified atom stereocenters. The van der Waals surface area contributed by atoms with Crippen molar-refractivity contribution < 1.29 is 22.8 Å². The summed E-state index contributed by atoms with van der Waals surface area (Å²) in [5, 5.41) is 7.51. The molecule has 0 fully saturated rings. The maximum absolute atomic E-state index is 12.8. The van der Waals surface area contributed by atoms with E-state index in [9.17, 15) is 22.8 Å². The van der Waals surface area contributed by atoms with Gasteiger partial charge in [0.25, 0.3) is 0 Å². The predicted octanol–water partition coefficient (Wildman–Crippen LogP) is 4.60. The summed E-state index contributed by atoms with van der Waals surface area (Å²) in [6.45, 7) is 0. The molecule has 0 saturated carbocycles. The van der Waals surface area contributed by atoms with Crippen molar-refractivity contribution in [3.8, 4) is 0 Å². The lowest BCUT2D eigenvalue weighted by Gasteiger charge is -2.11. The van der Waals surface area contributed by atoms with Gasteiger partial charge in [0.2, 0.25) is 0 Å². The molecule has 0 bridgehead atoms. The van der Waals surface area contributed by atoms with E-state index in [1.807, 2.05) is 47.1 Å². The van der Waals surface area contributed by atoms with Crippen LogP contribution < -0.4 is 10.7 Å². The maximum atomic E-state index is 12.8. The molecule has 148 valence electrons. The van der Waals surface area contributed by atoms with Crippen LogP contribution in [-0.4, -0.2) is 18.0 Å². The van der Waals surface area contributed by atoms with Crippen molar-refractivity contribution in [2.45, 2.75) is 6.18 Å². The van der Waals surface area contributed by atoms with Gasteiger partial charge >= 0.3 is 18.0 Å². The van der Waals surface area contributed by atoms with Crippen LogP contribution in [0.25, 0.3) is 10.8 Å². The second-order valence-corrected chi connectivity index (χ2v) is 6.32. The quantitative estimate of drug-likeness (QED) is 0.370. The minimum absolute atomic E-state index is 0.140. The summed E-state index contributed by atoms with van der Waals surface area (Å²) in [5.41, 5.74) is 1.40. The van der Waals surface area contributed by atoms with E-state index < -0.39 is 23.6 Å². The van der Waals surface area contributed by atoms with Crippen LogP contribution in [0.2, 0.25) is 5.02 Å². The second-order valence-electron chi connectivity index (χ2n) is 5.91. The number of fused-ring (bicyclic) bond motifs is 1. The highest BCUT2D eigenvalue weighted by molar-refractivity contribution is 6.41. The lowest BCUT2D eigenvalue weighted by atomic mass is 10.1. The van der Waals surface area contributed by atoms with Crippen LogP contribution >= 0.6 is 11.6 Å². The van der Waals surface area contributed by atoms with Gasteiger partial charge in [-0.3, -0.25) is 9.59 Å². The highest BCUT2D eigenvalue weighted by Crippen LogP contribution is 2.33. The molecule has 0 heterocycles. The van der Waals surface area contributed by atoms with Crippen LogP contribution in [0, 0.1) is 0 Å². The molecule has 5 nitrogen and oxygen atoms in total. The van der Waals surface area contributed by atoms with E-state index in [2.05, 4.69) is 5.10 Å². The fourth-order valence-electron chi connectivity index (χ4n) is 2.55. The first-order chi connectivity index (χ1) is 13.8. The molecule has 2 N–H and O–H groups in total. The fraction of sp³-hybridized carbons (Fsp3) is 0.0500. The average Bonchev–Trinajstić information content (AvgIpc) is 2.68. The molecule has 0 aromatic heterocycles. The van der Waals surface area contributed by atoms with Crippen molar-refractivity contribution in [2.24, 2.45) is 5.10 Å². The summed E-state index contributed by atoms with van der Waals surface area (Å²) in [4.78, 5) is 23.8. The van der Waals surface area contributed by atoms with Crippen LogP contribution in [0.3, 0.4) is 0 Å². The predicted molar refractivity (Wildman–Crippen MR) is 105 cm³/mol. The molecule has 2 amide bonds. The van der Waals surface area contributed by atoms with E-state index in [0.717, 1.165) is 22.9 Å². The lowest BCUT2D eigenvalue weighted by molar-refractivity contribution is -0.137. The van der Waals surface area contributed by atoms with Crippen molar-refractivity contribution in [1.29, 1.82) is 0 Å². The van der Waals surface area contributed by atoms with Crippen molar-refractivity contribution in [3.63, 3.8) is 0 Å². The zero-order valence-electron chi connectivity index (χ0n) is 14.6. The normalized spacial score (nSPS) is 11.6. The molecule has 3 aromatic rings. The largest absolute Gasteiger partial charge is 0.416 e. The standard InChI is InChI=1S/C20H13ClF3N3O2/c21-16-9-8-14(20(22,23)24)10-17(16)26-18(28)19(29)27-25-11-13-6-3-5-12-4-1-2-7-15(12)13/h1-11H,(H,26,28)(H,27,29)/b25-11+. The molecule has 0 saturated heterocycles.